The second-order valence-corrected chi connectivity index (χ2v) is 7.63. The molecule has 1 aromatic heterocycles. The molecule has 8 heteroatoms. The Hall–Kier alpha value is -0.990. The first-order chi connectivity index (χ1) is 9.62. The van der Waals surface area contributed by atoms with Crippen molar-refractivity contribution >= 4 is 9.84 Å². The molecule has 3 heterocycles. The van der Waals surface area contributed by atoms with E-state index >= 15 is 0 Å². The van der Waals surface area contributed by atoms with Crippen molar-refractivity contribution in [3.63, 3.8) is 0 Å². The summed E-state index contributed by atoms with van der Waals surface area (Å²) in [6.45, 7) is 1.96. The molecule has 1 N–H and O–H groups in total. The first-order valence-corrected chi connectivity index (χ1v) is 8.78. The Bertz CT molecular complexity index is 551. The molecule has 0 aliphatic carbocycles. The Morgan fingerprint density at radius 2 is 2.10 bits per heavy atom. The molecular formula is C12H19N3O4S. The molecule has 0 spiro atoms. The van der Waals surface area contributed by atoms with Crippen molar-refractivity contribution in [3.05, 3.63) is 11.7 Å². The maximum absolute atomic E-state index is 11.6. The van der Waals surface area contributed by atoms with Gasteiger partial charge in [0.05, 0.1) is 11.5 Å². The standard InChI is InChI=1S/C12H19N3O4S/c16-20(17)6-3-13-10(8-20)7-11-14-12(15-19-11)9-1-4-18-5-2-9/h9-10,13H,1-8H2. The number of hydrogen-bond acceptors (Lipinski definition) is 7. The van der Waals surface area contributed by atoms with Crippen molar-refractivity contribution < 1.29 is 17.7 Å². The predicted octanol–water partition coefficient (Wildman–Crippen LogP) is -0.107. The molecule has 2 fully saturated rings. The van der Waals surface area contributed by atoms with Gasteiger partial charge in [-0.15, -0.1) is 0 Å². The summed E-state index contributed by atoms with van der Waals surface area (Å²) in [5.41, 5.74) is 0. The van der Waals surface area contributed by atoms with E-state index in [1.807, 2.05) is 0 Å². The van der Waals surface area contributed by atoms with Gasteiger partial charge in [0.15, 0.2) is 15.7 Å². The Morgan fingerprint density at radius 3 is 2.85 bits per heavy atom. The van der Waals surface area contributed by atoms with E-state index in [4.69, 9.17) is 9.26 Å². The van der Waals surface area contributed by atoms with Crippen LogP contribution in [0.3, 0.4) is 0 Å². The Kier molecular flexibility index (Phi) is 4.04. The Balaban J connectivity index is 1.62. The molecule has 3 rings (SSSR count). The van der Waals surface area contributed by atoms with Gasteiger partial charge in [-0.2, -0.15) is 4.98 Å². The third-order valence-corrected chi connectivity index (χ3v) is 5.53. The van der Waals surface area contributed by atoms with Crippen LogP contribution in [0, 0.1) is 0 Å². The summed E-state index contributed by atoms with van der Waals surface area (Å²) in [6, 6.07) is -0.128. The second-order valence-electron chi connectivity index (χ2n) is 5.40. The highest BCUT2D eigenvalue weighted by molar-refractivity contribution is 7.91. The number of ether oxygens (including phenoxy) is 1. The minimum atomic E-state index is -2.93. The molecule has 0 saturated carbocycles. The van der Waals surface area contributed by atoms with Gasteiger partial charge in [-0.1, -0.05) is 5.16 Å². The van der Waals surface area contributed by atoms with Crippen molar-refractivity contribution in [3.8, 4) is 0 Å². The van der Waals surface area contributed by atoms with Crippen LogP contribution in [0.5, 0.6) is 0 Å². The van der Waals surface area contributed by atoms with Crippen LogP contribution in [-0.2, 0) is 21.0 Å². The van der Waals surface area contributed by atoms with Crippen molar-refractivity contribution in [1.82, 2.24) is 15.5 Å². The number of nitrogens with zero attached hydrogens (tertiary/aromatic N) is 2. The first kappa shape index (κ1) is 14.0. The van der Waals surface area contributed by atoms with Crippen LogP contribution < -0.4 is 5.32 Å². The Morgan fingerprint density at radius 1 is 1.30 bits per heavy atom. The summed E-state index contributed by atoms with van der Waals surface area (Å²) in [5.74, 6) is 1.88. The van der Waals surface area contributed by atoms with Gasteiger partial charge >= 0.3 is 0 Å². The molecule has 0 radical (unpaired) electrons. The van der Waals surface area contributed by atoms with Crippen LogP contribution in [0.2, 0.25) is 0 Å². The third-order valence-electron chi connectivity index (χ3n) is 3.79. The van der Waals surface area contributed by atoms with Crippen LogP contribution in [0.25, 0.3) is 0 Å². The molecule has 112 valence electrons. The van der Waals surface area contributed by atoms with Gasteiger partial charge in [-0.25, -0.2) is 8.42 Å². The highest BCUT2D eigenvalue weighted by atomic mass is 32.2. The van der Waals surface area contributed by atoms with Crippen molar-refractivity contribution in [2.75, 3.05) is 31.3 Å². The summed E-state index contributed by atoms with van der Waals surface area (Å²) in [7, 11) is -2.93. The van der Waals surface area contributed by atoms with Gasteiger partial charge < -0.3 is 14.6 Å². The fraction of sp³-hybridized carbons (Fsp3) is 0.833. The van der Waals surface area contributed by atoms with E-state index in [2.05, 4.69) is 15.5 Å². The molecule has 20 heavy (non-hydrogen) atoms. The average Bonchev–Trinajstić information content (AvgIpc) is 2.87. The van der Waals surface area contributed by atoms with E-state index < -0.39 is 9.84 Å². The predicted molar refractivity (Wildman–Crippen MR) is 71.2 cm³/mol. The van der Waals surface area contributed by atoms with E-state index in [9.17, 15) is 8.42 Å². The van der Waals surface area contributed by atoms with Crippen LogP contribution in [-0.4, -0.2) is 55.9 Å². The highest BCUT2D eigenvalue weighted by Gasteiger charge is 2.27. The monoisotopic (exact) mass is 301 g/mol. The van der Waals surface area contributed by atoms with Gasteiger partial charge in [-0.05, 0) is 12.8 Å². The average molecular weight is 301 g/mol. The van der Waals surface area contributed by atoms with Crippen molar-refractivity contribution in [2.24, 2.45) is 0 Å². The second kappa shape index (κ2) is 5.79. The number of hydrogen-bond donors (Lipinski definition) is 1. The van der Waals surface area contributed by atoms with Crippen LogP contribution in [0.15, 0.2) is 4.52 Å². The lowest BCUT2D eigenvalue weighted by molar-refractivity contribution is 0.0830. The largest absolute Gasteiger partial charge is 0.381 e. The SMILES string of the molecule is O=S1(=O)CCNC(Cc2nc(C3CCOCC3)no2)C1. The zero-order valence-corrected chi connectivity index (χ0v) is 12.1. The maximum atomic E-state index is 11.6. The quantitative estimate of drug-likeness (QED) is 0.832. The van der Waals surface area contributed by atoms with Gasteiger partial charge in [0.1, 0.15) is 0 Å². The van der Waals surface area contributed by atoms with E-state index in [0.717, 1.165) is 31.9 Å². The first-order valence-electron chi connectivity index (χ1n) is 6.96. The molecule has 1 unspecified atom stereocenters. The number of rotatable bonds is 3. The highest BCUT2D eigenvalue weighted by Crippen LogP contribution is 2.24. The lowest BCUT2D eigenvalue weighted by atomic mass is 10.00. The minimum Gasteiger partial charge on any atom is -0.381 e. The molecule has 0 bridgehead atoms. The molecule has 2 saturated heterocycles. The topological polar surface area (TPSA) is 94.3 Å². The molecule has 7 nitrogen and oxygen atoms in total. The molecule has 1 aromatic rings. The maximum Gasteiger partial charge on any atom is 0.228 e. The third kappa shape index (κ3) is 3.36. The normalized spacial score (nSPS) is 27.5. The minimum absolute atomic E-state index is 0.128. The molecule has 2 aliphatic heterocycles. The van der Waals surface area contributed by atoms with Gasteiger partial charge in [0.25, 0.3) is 0 Å². The summed E-state index contributed by atoms with van der Waals surface area (Å²) in [5, 5.41) is 7.21. The fourth-order valence-electron chi connectivity index (χ4n) is 2.68. The summed E-state index contributed by atoms with van der Waals surface area (Å²) >= 11 is 0. The Labute approximate surface area is 118 Å². The lowest BCUT2D eigenvalue weighted by Gasteiger charge is -2.22. The summed E-state index contributed by atoms with van der Waals surface area (Å²) in [4.78, 5) is 4.41. The number of aromatic nitrogens is 2. The lowest BCUT2D eigenvalue weighted by Crippen LogP contribution is -2.46. The van der Waals surface area contributed by atoms with E-state index in [1.54, 1.807) is 0 Å². The zero-order valence-electron chi connectivity index (χ0n) is 11.2. The van der Waals surface area contributed by atoms with Crippen molar-refractivity contribution in [1.29, 1.82) is 0 Å². The molecule has 1 atom stereocenters. The number of sulfone groups is 1. The molecular weight excluding hydrogens is 282 g/mol. The van der Waals surface area contributed by atoms with Gasteiger partial charge in [-0.3, -0.25) is 0 Å². The fourth-order valence-corrected chi connectivity index (χ4v) is 4.13. The number of nitrogens with one attached hydrogen (secondary N) is 1. The molecule has 0 aromatic carbocycles. The van der Waals surface area contributed by atoms with Crippen LogP contribution in [0.4, 0.5) is 0 Å². The summed E-state index contributed by atoms with van der Waals surface area (Å²) in [6.07, 6.45) is 2.29. The van der Waals surface area contributed by atoms with Gasteiger partial charge in [0, 0.05) is 38.1 Å². The zero-order chi connectivity index (χ0) is 14.0. The smallest absolute Gasteiger partial charge is 0.228 e. The van der Waals surface area contributed by atoms with Crippen LogP contribution >= 0.6 is 0 Å². The van der Waals surface area contributed by atoms with Crippen molar-refractivity contribution in [2.45, 2.75) is 31.2 Å². The molecule has 0 amide bonds. The van der Waals surface area contributed by atoms with Gasteiger partial charge in [0.2, 0.25) is 5.89 Å². The summed E-state index contributed by atoms with van der Waals surface area (Å²) < 4.78 is 33.7. The molecule has 2 aliphatic rings. The van der Waals surface area contributed by atoms with Crippen LogP contribution in [0.1, 0.15) is 30.5 Å². The van der Waals surface area contributed by atoms with E-state index in [0.29, 0.717) is 24.8 Å². The van der Waals surface area contributed by atoms with E-state index in [-0.39, 0.29) is 17.5 Å². The van der Waals surface area contributed by atoms with E-state index in [1.165, 1.54) is 0 Å².